The van der Waals surface area contributed by atoms with E-state index in [1.807, 2.05) is 0 Å². The van der Waals surface area contributed by atoms with Gasteiger partial charge in [0, 0.05) is 35.0 Å². The van der Waals surface area contributed by atoms with E-state index in [9.17, 15) is 29.7 Å². The van der Waals surface area contributed by atoms with Gasteiger partial charge in [-0.15, -0.1) is 0 Å². The maximum atomic E-state index is 12.8. The zero-order chi connectivity index (χ0) is 23.4. The number of guanidine groups is 1. The molecule has 0 saturated carbocycles. The van der Waals surface area contributed by atoms with Gasteiger partial charge in [-0.25, -0.2) is 0 Å². The average molecular weight is 440 g/mol. The van der Waals surface area contributed by atoms with E-state index < -0.39 is 29.9 Å². The number of amides is 1. The number of aromatic hydroxyl groups is 2. The Kier molecular flexibility index (Phi) is 6.29. The van der Waals surface area contributed by atoms with Crippen molar-refractivity contribution < 1.29 is 29.9 Å². The lowest BCUT2D eigenvalue weighted by Gasteiger charge is -2.18. The van der Waals surface area contributed by atoms with Crippen LogP contribution in [0.2, 0.25) is 0 Å². The Morgan fingerprint density at radius 1 is 1.06 bits per heavy atom. The number of hydrogen-bond donors (Lipinski definition) is 7. The van der Waals surface area contributed by atoms with Crippen molar-refractivity contribution in [3.05, 3.63) is 75.7 Å². The van der Waals surface area contributed by atoms with Gasteiger partial charge >= 0.3 is 11.9 Å². The molecule has 0 bridgehead atoms. The van der Waals surface area contributed by atoms with Crippen molar-refractivity contribution in [2.75, 3.05) is 0 Å². The predicted octanol–water partition coefficient (Wildman–Crippen LogP) is -1.49. The highest BCUT2D eigenvalue weighted by molar-refractivity contribution is 5.95. The van der Waals surface area contributed by atoms with Crippen LogP contribution in [0.3, 0.4) is 0 Å². The van der Waals surface area contributed by atoms with Gasteiger partial charge in [0.15, 0.2) is 0 Å². The van der Waals surface area contributed by atoms with Gasteiger partial charge in [-0.05, 0) is 29.8 Å². The molecule has 0 saturated heterocycles. The molecule has 166 valence electrons. The number of aliphatic carboxylic acids is 1. The molecule has 3 aromatic rings. The predicted molar refractivity (Wildman–Crippen MR) is 114 cm³/mol. The fourth-order valence-electron chi connectivity index (χ4n) is 3.20. The Morgan fingerprint density at radius 3 is 2.38 bits per heavy atom. The van der Waals surface area contributed by atoms with Crippen molar-refractivity contribution in [1.82, 2.24) is 9.72 Å². The highest BCUT2D eigenvalue weighted by Gasteiger charge is 2.21. The van der Waals surface area contributed by atoms with Gasteiger partial charge in [0.25, 0.3) is 11.5 Å². The highest BCUT2D eigenvalue weighted by Crippen LogP contribution is 2.27. The number of phenols is 2. The number of benzene rings is 1. The van der Waals surface area contributed by atoms with Crippen LogP contribution in [0, 0.1) is 0 Å². The Hall–Kier alpha value is -4.54. The lowest BCUT2D eigenvalue weighted by Crippen LogP contribution is -2.76. The van der Waals surface area contributed by atoms with Crippen molar-refractivity contribution in [3.63, 3.8) is 0 Å². The molecule has 1 aromatic carbocycles. The van der Waals surface area contributed by atoms with Crippen LogP contribution in [-0.2, 0) is 11.3 Å². The summed E-state index contributed by atoms with van der Waals surface area (Å²) in [6, 6.07) is 8.49. The number of nitrogens with two attached hydrogens (primary N) is 2. The maximum absolute atomic E-state index is 12.8. The smallest absolute Gasteiger partial charge is 0.339 e. The molecule has 1 atom stereocenters. The summed E-state index contributed by atoms with van der Waals surface area (Å²) in [4.78, 5) is 39.4. The molecule has 1 amide bonds. The number of carboxylic acids is 1. The first-order valence-corrected chi connectivity index (χ1v) is 9.45. The quantitative estimate of drug-likeness (QED) is 0.170. The summed E-state index contributed by atoms with van der Waals surface area (Å²) in [6.45, 7) is 0.306. The first-order valence-electron chi connectivity index (χ1n) is 9.45. The van der Waals surface area contributed by atoms with Gasteiger partial charge in [-0.3, -0.25) is 35.2 Å². The third kappa shape index (κ3) is 5.33. The lowest BCUT2D eigenvalue weighted by atomic mass is 10.0. The van der Waals surface area contributed by atoms with E-state index in [0.717, 1.165) is 17.7 Å². The number of carboxylic acid groups (broad SMARTS) is 1. The Balaban J connectivity index is 1.91. The first-order chi connectivity index (χ1) is 15.1. The molecule has 9 N–H and O–H groups in total. The van der Waals surface area contributed by atoms with Crippen LogP contribution >= 0.6 is 0 Å². The monoisotopic (exact) mass is 440 g/mol. The fraction of sp³-hybridized carbons (Fsp3) is 0.143. The molecule has 1 unspecified atom stereocenters. The number of fused-ring (bicyclic) bond motifs is 1. The first kappa shape index (κ1) is 22.2. The van der Waals surface area contributed by atoms with Gasteiger partial charge in [0.1, 0.15) is 11.5 Å². The number of hydrogen-bond acceptors (Lipinski definition) is 5. The van der Waals surface area contributed by atoms with Gasteiger partial charge in [-0.1, -0.05) is 6.07 Å². The number of phenolic OH excluding ortho intramolecular Hbond substituents is 2. The zero-order valence-corrected chi connectivity index (χ0v) is 16.8. The van der Waals surface area contributed by atoms with Crippen molar-refractivity contribution in [3.8, 4) is 11.5 Å². The number of rotatable bonds is 7. The van der Waals surface area contributed by atoms with E-state index in [4.69, 9.17) is 11.5 Å². The third-order valence-corrected chi connectivity index (χ3v) is 4.63. The van der Waals surface area contributed by atoms with Crippen LogP contribution in [0.5, 0.6) is 11.5 Å². The van der Waals surface area contributed by atoms with E-state index in [1.54, 1.807) is 18.3 Å². The van der Waals surface area contributed by atoms with Gasteiger partial charge in [0.05, 0.1) is 19.0 Å². The molecule has 3 rings (SSSR count). The topological polar surface area (TPSA) is 194 Å². The van der Waals surface area contributed by atoms with E-state index in [0.29, 0.717) is 12.1 Å². The normalized spacial score (nSPS) is 11.6. The largest absolute Gasteiger partial charge is 0.508 e. The number of aromatic nitrogens is 1. The summed E-state index contributed by atoms with van der Waals surface area (Å²) in [5.74, 6) is -2.41. The van der Waals surface area contributed by atoms with Crippen LogP contribution in [0.1, 0.15) is 33.9 Å². The molecule has 11 nitrogen and oxygen atoms in total. The SMILES string of the molecule is NC(N)=[NH+]Cc1ccc2cc(C(=O)NC(CC(=O)O)c3cc(O)cc(O)c3)cc(=O)n2c1. The second kappa shape index (κ2) is 9.08. The average Bonchev–Trinajstić information content (AvgIpc) is 2.70. The Morgan fingerprint density at radius 2 is 1.75 bits per heavy atom. The summed E-state index contributed by atoms with van der Waals surface area (Å²) < 4.78 is 1.35. The van der Waals surface area contributed by atoms with E-state index >= 15 is 0 Å². The molecule has 11 heteroatoms. The van der Waals surface area contributed by atoms with E-state index in [2.05, 4.69) is 10.3 Å². The Bertz CT molecular complexity index is 1260. The van der Waals surface area contributed by atoms with Crippen LogP contribution < -0.4 is 27.3 Å². The van der Waals surface area contributed by atoms with Crippen LogP contribution in [-0.4, -0.2) is 37.6 Å². The number of nitrogens with zero attached hydrogens (tertiary/aromatic N) is 1. The molecule has 32 heavy (non-hydrogen) atoms. The Labute approximate surface area is 181 Å². The number of nitrogens with one attached hydrogen (secondary N) is 2. The van der Waals surface area contributed by atoms with Gasteiger partial charge in [-0.2, -0.15) is 0 Å². The van der Waals surface area contributed by atoms with E-state index in [1.165, 1.54) is 22.6 Å². The summed E-state index contributed by atoms with van der Waals surface area (Å²) in [5, 5.41) is 31.1. The highest BCUT2D eigenvalue weighted by atomic mass is 16.4. The second-order valence-electron chi connectivity index (χ2n) is 7.13. The molecule has 0 spiro atoms. The molecule has 0 aliphatic heterocycles. The molecular weight excluding hydrogens is 418 g/mol. The minimum atomic E-state index is -1.20. The van der Waals surface area contributed by atoms with Crippen molar-refractivity contribution >= 4 is 23.4 Å². The van der Waals surface area contributed by atoms with Crippen molar-refractivity contribution in [1.29, 1.82) is 0 Å². The van der Waals surface area contributed by atoms with Crippen LogP contribution in [0.25, 0.3) is 5.52 Å². The lowest BCUT2D eigenvalue weighted by molar-refractivity contribution is -0.477. The summed E-state index contributed by atoms with van der Waals surface area (Å²) in [7, 11) is 0. The minimum Gasteiger partial charge on any atom is -0.508 e. The molecule has 0 fully saturated rings. The molecule has 2 aromatic heterocycles. The van der Waals surface area contributed by atoms with E-state index in [-0.39, 0.29) is 28.6 Å². The van der Waals surface area contributed by atoms with Crippen molar-refractivity contribution in [2.45, 2.75) is 19.0 Å². The van der Waals surface area contributed by atoms with Crippen molar-refractivity contribution in [2.24, 2.45) is 11.5 Å². The zero-order valence-electron chi connectivity index (χ0n) is 16.8. The summed E-state index contributed by atoms with van der Waals surface area (Å²) in [5.41, 5.74) is 11.7. The summed E-state index contributed by atoms with van der Waals surface area (Å²) in [6.07, 6.45) is 1.08. The standard InChI is InChI=1S/C21H21N5O6/c22-21(23)24-9-11-1-2-14-3-13(6-18(29)26(14)10-11)20(32)25-17(8-19(30)31)12-4-15(27)7-16(28)5-12/h1-7,10,17,27-28H,8-9H2,(H,25,32)(H,30,31)(H4,22,23,24)/p+1. The van der Waals surface area contributed by atoms with Crippen LogP contribution in [0.15, 0.2) is 53.5 Å². The molecular formula is C21H22N5O6+. The molecule has 0 radical (unpaired) electrons. The minimum absolute atomic E-state index is 0.0279. The summed E-state index contributed by atoms with van der Waals surface area (Å²) >= 11 is 0. The number of carbonyl (C=O) groups is 2. The van der Waals surface area contributed by atoms with Crippen LogP contribution in [0.4, 0.5) is 0 Å². The molecule has 0 aliphatic carbocycles. The second-order valence-corrected chi connectivity index (χ2v) is 7.13. The van der Waals surface area contributed by atoms with Gasteiger partial charge < -0.3 is 20.6 Å². The fourth-order valence-corrected chi connectivity index (χ4v) is 3.20. The number of pyridine rings is 2. The maximum Gasteiger partial charge on any atom is 0.339 e. The third-order valence-electron chi connectivity index (χ3n) is 4.63. The number of carbonyl (C=O) groups excluding carboxylic acids is 1. The molecule has 2 heterocycles. The molecule has 0 aliphatic rings. The van der Waals surface area contributed by atoms with Gasteiger partial charge in [0.2, 0.25) is 0 Å².